The third-order valence-electron chi connectivity index (χ3n) is 19.8. The van der Waals surface area contributed by atoms with Crippen LogP contribution in [0.4, 0.5) is 34.4 Å². The Balaban J connectivity index is 0.000000140. The fourth-order valence-electron chi connectivity index (χ4n) is 14.1. The zero-order valence-electron chi connectivity index (χ0n) is 61.3. The second-order valence-electron chi connectivity index (χ2n) is 29.8. The van der Waals surface area contributed by atoms with Gasteiger partial charge in [0.25, 0.3) is 17.7 Å². The van der Waals surface area contributed by atoms with Gasteiger partial charge in [-0.25, -0.2) is 37.7 Å². The van der Waals surface area contributed by atoms with Crippen molar-refractivity contribution >= 4 is 53.1 Å². The van der Waals surface area contributed by atoms with Crippen molar-refractivity contribution in [3.05, 3.63) is 146 Å². The lowest BCUT2D eigenvalue weighted by Gasteiger charge is -2.38. The third kappa shape index (κ3) is 17.8. The van der Waals surface area contributed by atoms with Crippen LogP contribution >= 0.6 is 11.6 Å². The summed E-state index contributed by atoms with van der Waals surface area (Å²) in [5, 5.41) is 34.4. The molecule has 3 saturated heterocycles. The van der Waals surface area contributed by atoms with Crippen molar-refractivity contribution in [2.45, 2.75) is 167 Å². The molecule has 5 amide bonds. The van der Waals surface area contributed by atoms with Crippen LogP contribution in [0.25, 0.3) is 0 Å². The van der Waals surface area contributed by atoms with Crippen LogP contribution in [0.2, 0.25) is 5.15 Å². The Kier molecular flexibility index (Phi) is 23.1. The van der Waals surface area contributed by atoms with E-state index in [-0.39, 0.29) is 103 Å². The van der Waals surface area contributed by atoms with E-state index in [9.17, 15) is 38.9 Å². The van der Waals surface area contributed by atoms with Crippen molar-refractivity contribution in [1.82, 2.24) is 65.0 Å². The highest BCUT2D eigenvalue weighted by Crippen LogP contribution is 2.38. The second kappa shape index (κ2) is 32.4. The Bertz CT molecular complexity index is 4520. The normalized spacial score (nSPS) is 18.6. The smallest absolute Gasteiger partial charge is 0.410 e. The summed E-state index contributed by atoms with van der Waals surface area (Å²) >= 11 is 5.81. The first-order chi connectivity index (χ1) is 51.6. The molecule has 0 aromatic carbocycles. The topological polar surface area (TPSA) is 327 Å². The number of nitrogens with zero attached hydrogens (tertiary/aromatic N) is 16. The number of rotatable bonds is 5. The number of halogens is 4. The van der Waals surface area contributed by atoms with Gasteiger partial charge in [0.15, 0.2) is 17.0 Å². The minimum atomic E-state index is -1.99. The molecular formula is C76H86ClF3N18O10. The minimum Gasteiger partial charge on any atom is -0.490 e. The zero-order chi connectivity index (χ0) is 76.7. The standard InChI is InChI=1S/C27H31FN6O4.C22H23FN6O2.C15H17FN4O2.C12H15ClN2O2/c1-26(2,3)38-25(36)34-15-18-4-5-22(31-21(18)17-34)32-8-6-27(28,7-9-32)24(35)33-10-11-37-23-19(12-29)13-30-14-20(23)16-33;23-22(3-5-28(6-4-22)19-2-1-15-10-26-13-18(15)27-19)21(30)29-7-8-31-20-16(9-24)11-25-12-17(20)14-29;16-15(1-3-18-4-2-15)14(21)20-5-6-22-13-11(7-17)8-19-9-12(13)10-20;1-12(2,3)17-11(16)15-6-8-4-5-10(13)14-9(8)7-15/h4-5,13-14H,6-11,15-17H2,1-3H3;1-2,11-12,26H,3-8,10,13-14H2;8-9,18H,1-6,10H2;4-5H,6-7H2,1-3H3. The number of alkyl halides is 3. The SMILES string of the molecule is CC(C)(C)OC(=O)N1Cc2ccc(Cl)nc2C1.CC(C)(C)OC(=O)N1Cc2ccc(N3CCC(F)(C(=O)N4CCOc5c(C#N)cncc5C4)CC3)nc2C1.N#Cc1cncc2c1OCCN(C(=O)C1(F)CCN(c3ccc4c(n3)CNC4)CC1)C2.N#Cc1cncc2c1OCCN(C(=O)C1(F)CCNCC1)C2. The van der Waals surface area contributed by atoms with Crippen LogP contribution < -0.4 is 34.6 Å². The molecule has 3 fully saturated rings. The number of anilines is 2. The van der Waals surface area contributed by atoms with E-state index in [0.717, 1.165) is 47.1 Å². The number of nitriles is 3. The van der Waals surface area contributed by atoms with Gasteiger partial charge in [-0.05, 0) is 89.5 Å². The molecule has 0 saturated carbocycles. The van der Waals surface area contributed by atoms with E-state index in [2.05, 4.69) is 42.7 Å². The number of amides is 5. The van der Waals surface area contributed by atoms with Crippen molar-refractivity contribution in [3.8, 4) is 35.5 Å². The van der Waals surface area contributed by atoms with Crippen LogP contribution in [0.3, 0.4) is 0 Å². The first kappa shape index (κ1) is 77.0. The van der Waals surface area contributed by atoms with E-state index in [4.69, 9.17) is 50.5 Å². The summed E-state index contributed by atoms with van der Waals surface area (Å²) in [7, 11) is 0. The lowest BCUT2D eigenvalue weighted by atomic mass is 9.91. The molecule has 6 aromatic rings. The number of carbonyl (C=O) groups excluding carboxylic acids is 5. The first-order valence-corrected chi connectivity index (χ1v) is 36.4. The molecule has 32 heteroatoms. The summed E-state index contributed by atoms with van der Waals surface area (Å²) in [5.41, 5.74) is 1.94. The van der Waals surface area contributed by atoms with E-state index < -0.39 is 45.9 Å². The number of aromatic nitrogens is 6. The van der Waals surface area contributed by atoms with E-state index in [1.165, 1.54) is 38.9 Å². The van der Waals surface area contributed by atoms with E-state index >= 15 is 8.78 Å². The van der Waals surface area contributed by atoms with Gasteiger partial charge in [-0.3, -0.25) is 39.1 Å². The largest absolute Gasteiger partial charge is 0.490 e. The van der Waals surface area contributed by atoms with Crippen molar-refractivity contribution < 1.29 is 60.8 Å². The highest BCUT2D eigenvalue weighted by atomic mass is 35.5. The van der Waals surface area contributed by atoms with Gasteiger partial charge >= 0.3 is 12.2 Å². The van der Waals surface area contributed by atoms with E-state index in [0.29, 0.717) is 134 Å². The van der Waals surface area contributed by atoms with Gasteiger partial charge < -0.3 is 58.8 Å². The fraction of sp³-hybridized carbons (Fsp3) is 0.500. The number of fused-ring (bicyclic) bond motifs is 6. The Morgan fingerprint density at radius 3 is 1.20 bits per heavy atom. The van der Waals surface area contributed by atoms with Crippen molar-refractivity contribution in [2.75, 3.05) is 88.5 Å². The molecule has 28 nitrogen and oxygen atoms in total. The number of carbonyl (C=O) groups is 5. The van der Waals surface area contributed by atoms with Crippen LogP contribution in [-0.2, 0) is 82.8 Å². The van der Waals surface area contributed by atoms with Crippen molar-refractivity contribution in [3.63, 3.8) is 0 Å². The number of nitrogens with one attached hydrogen (secondary N) is 2. The minimum absolute atomic E-state index is 0.0370. The Morgan fingerprint density at radius 1 is 0.444 bits per heavy atom. The van der Waals surface area contributed by atoms with Crippen molar-refractivity contribution in [2.24, 2.45) is 0 Å². The van der Waals surface area contributed by atoms with Crippen LogP contribution in [-0.4, -0.2) is 191 Å². The third-order valence-corrected chi connectivity index (χ3v) is 20.0. The molecule has 6 aromatic heterocycles. The molecule has 568 valence electrons. The predicted octanol–water partition coefficient (Wildman–Crippen LogP) is 8.76. The summed E-state index contributed by atoms with van der Waals surface area (Å²) in [6.07, 6.45) is 8.97. The monoisotopic (exact) mass is 1500 g/mol. The Hall–Kier alpha value is -10.7. The number of pyridine rings is 6. The Morgan fingerprint density at radius 2 is 0.806 bits per heavy atom. The van der Waals surface area contributed by atoms with E-state index in [1.54, 1.807) is 34.5 Å². The van der Waals surface area contributed by atoms with Gasteiger partial charge in [0, 0.05) is 132 Å². The quantitative estimate of drug-likeness (QED) is 0.152. The van der Waals surface area contributed by atoms with Gasteiger partial charge in [0.2, 0.25) is 0 Å². The molecule has 0 bridgehead atoms. The van der Waals surface area contributed by atoms with Gasteiger partial charge in [-0.15, -0.1) is 0 Å². The van der Waals surface area contributed by atoms with Gasteiger partial charge in [-0.1, -0.05) is 29.8 Å². The maximum Gasteiger partial charge on any atom is 0.410 e. The molecule has 9 aliphatic rings. The number of hydrogen-bond donors (Lipinski definition) is 2. The van der Waals surface area contributed by atoms with Crippen LogP contribution in [0.1, 0.15) is 147 Å². The molecule has 15 rings (SSSR count). The molecule has 0 spiro atoms. The fourth-order valence-corrected chi connectivity index (χ4v) is 14.3. The van der Waals surface area contributed by atoms with Gasteiger partial charge in [0.05, 0.1) is 82.5 Å². The van der Waals surface area contributed by atoms with E-state index in [1.807, 2.05) is 87.7 Å². The molecule has 2 N–H and O–H groups in total. The molecule has 0 aliphatic carbocycles. The lowest BCUT2D eigenvalue weighted by Crippen LogP contribution is -2.52. The molecule has 0 unspecified atom stereocenters. The van der Waals surface area contributed by atoms with Crippen LogP contribution in [0, 0.1) is 34.0 Å². The maximum atomic E-state index is 16.0. The zero-order valence-corrected chi connectivity index (χ0v) is 62.0. The number of piperidine rings is 3. The summed E-state index contributed by atoms with van der Waals surface area (Å²) in [5.74, 6) is 1.27. The first-order valence-electron chi connectivity index (χ1n) is 36.1. The summed E-state index contributed by atoms with van der Waals surface area (Å²) < 4.78 is 74.4. The molecule has 0 radical (unpaired) electrons. The highest BCUT2D eigenvalue weighted by molar-refractivity contribution is 6.29. The highest BCUT2D eigenvalue weighted by Gasteiger charge is 2.48. The van der Waals surface area contributed by atoms with Crippen molar-refractivity contribution in [1.29, 1.82) is 15.8 Å². The summed E-state index contributed by atoms with van der Waals surface area (Å²) in [6.45, 7) is 19.0. The molecule has 108 heavy (non-hydrogen) atoms. The second-order valence-corrected chi connectivity index (χ2v) is 30.2. The lowest BCUT2D eigenvalue weighted by molar-refractivity contribution is -0.147. The predicted molar refractivity (Wildman–Crippen MR) is 385 cm³/mol. The van der Waals surface area contributed by atoms with Crippen LogP contribution in [0.15, 0.2) is 73.6 Å². The number of hydrogen-bond acceptors (Lipinski definition) is 23. The number of ether oxygens (including phenoxy) is 5. The molecular weight excluding hydrogens is 1420 g/mol. The average Bonchev–Trinajstić information content (AvgIpc) is 1.27. The van der Waals surface area contributed by atoms with Crippen LogP contribution in [0.5, 0.6) is 17.2 Å². The Labute approximate surface area is 629 Å². The molecule has 15 heterocycles. The average molecular weight is 1500 g/mol. The van der Waals surface area contributed by atoms with Gasteiger partial charge in [0.1, 0.15) is 100.0 Å². The summed E-state index contributed by atoms with van der Waals surface area (Å²) in [4.78, 5) is 101. The summed E-state index contributed by atoms with van der Waals surface area (Å²) in [6, 6.07) is 17.6. The van der Waals surface area contributed by atoms with Gasteiger partial charge in [-0.2, -0.15) is 15.8 Å². The maximum absolute atomic E-state index is 16.0. The molecule has 9 aliphatic heterocycles. The molecule has 0 atom stereocenters.